The zero-order valence-corrected chi connectivity index (χ0v) is 19.5. The van der Waals surface area contributed by atoms with Crippen LogP contribution >= 0.6 is 11.6 Å². The van der Waals surface area contributed by atoms with Crippen molar-refractivity contribution in [2.45, 2.75) is 31.5 Å². The molecule has 1 aliphatic carbocycles. The van der Waals surface area contributed by atoms with Crippen molar-refractivity contribution < 1.29 is 18.7 Å². The smallest absolute Gasteiger partial charge is 0.327 e. The lowest BCUT2D eigenvalue weighted by Gasteiger charge is -2.38. The Labute approximate surface area is 198 Å². The van der Waals surface area contributed by atoms with Crippen LogP contribution in [0.4, 0.5) is 4.39 Å². The highest BCUT2D eigenvalue weighted by atomic mass is 35.5. The minimum absolute atomic E-state index is 0.0184. The molecule has 1 amide bonds. The molecule has 1 atom stereocenters. The lowest BCUT2D eigenvalue weighted by Crippen LogP contribution is -2.52. The Balaban J connectivity index is 1.38. The van der Waals surface area contributed by atoms with Gasteiger partial charge in [-0.3, -0.25) is 14.6 Å². The van der Waals surface area contributed by atoms with Crippen molar-refractivity contribution in [2.75, 3.05) is 39.8 Å². The van der Waals surface area contributed by atoms with Gasteiger partial charge in [0.25, 0.3) is 0 Å². The van der Waals surface area contributed by atoms with Gasteiger partial charge < -0.3 is 9.64 Å². The Bertz CT molecular complexity index is 992. The molecule has 4 rings (SSSR count). The predicted octanol–water partition coefficient (Wildman–Crippen LogP) is 3.50. The van der Waals surface area contributed by atoms with Crippen LogP contribution < -0.4 is 0 Å². The van der Waals surface area contributed by atoms with Crippen molar-refractivity contribution >= 4 is 23.5 Å². The Morgan fingerprint density at radius 1 is 1.09 bits per heavy atom. The molecule has 0 spiro atoms. The number of carbonyl (C=O) groups is 2. The van der Waals surface area contributed by atoms with Crippen LogP contribution in [0.5, 0.6) is 0 Å². The fourth-order valence-corrected chi connectivity index (χ4v) is 4.60. The maximum absolute atomic E-state index is 14.1. The van der Waals surface area contributed by atoms with E-state index in [-0.39, 0.29) is 30.3 Å². The van der Waals surface area contributed by atoms with Gasteiger partial charge in [0.15, 0.2) is 0 Å². The number of benzene rings is 2. The summed E-state index contributed by atoms with van der Waals surface area (Å²) in [6, 6.07) is 13.5. The van der Waals surface area contributed by atoms with Crippen LogP contribution in [0.1, 0.15) is 30.0 Å². The molecule has 1 aliphatic heterocycles. The minimum atomic E-state index is -0.578. The van der Waals surface area contributed by atoms with Gasteiger partial charge in [0.05, 0.1) is 13.7 Å². The van der Waals surface area contributed by atoms with Gasteiger partial charge >= 0.3 is 5.97 Å². The van der Waals surface area contributed by atoms with Crippen LogP contribution in [0.25, 0.3) is 0 Å². The normalized spacial score (nSPS) is 18.0. The summed E-state index contributed by atoms with van der Waals surface area (Å²) in [7, 11) is 1.38. The monoisotopic (exact) mass is 473 g/mol. The number of piperazine rings is 1. The number of carbonyl (C=O) groups excluding carboxylic acids is 2. The molecule has 0 bridgehead atoms. The fourth-order valence-electron chi connectivity index (χ4n) is 4.36. The van der Waals surface area contributed by atoms with Crippen molar-refractivity contribution in [3.63, 3.8) is 0 Å². The van der Waals surface area contributed by atoms with Gasteiger partial charge in [-0.2, -0.15) is 0 Å². The number of hydrogen-bond acceptors (Lipinski definition) is 5. The average molecular weight is 474 g/mol. The quantitative estimate of drug-likeness (QED) is 0.549. The maximum atomic E-state index is 14.1. The number of hydrogen-bond donors (Lipinski definition) is 0. The fraction of sp³-hybridized carbons (Fsp3) is 0.440. The van der Waals surface area contributed by atoms with E-state index in [0.717, 1.165) is 18.4 Å². The second-order valence-corrected chi connectivity index (χ2v) is 9.01. The van der Waals surface area contributed by atoms with Crippen molar-refractivity contribution in [1.29, 1.82) is 0 Å². The Hall–Kier alpha value is -2.48. The molecule has 1 heterocycles. The first-order valence-corrected chi connectivity index (χ1v) is 11.7. The summed E-state index contributed by atoms with van der Waals surface area (Å²) in [4.78, 5) is 31.6. The van der Waals surface area contributed by atoms with E-state index in [1.165, 1.54) is 13.2 Å². The zero-order valence-electron chi connectivity index (χ0n) is 18.8. The minimum Gasteiger partial charge on any atom is -0.468 e. The van der Waals surface area contributed by atoms with Gasteiger partial charge in [0, 0.05) is 49.4 Å². The Morgan fingerprint density at radius 2 is 1.76 bits per heavy atom. The molecule has 0 radical (unpaired) electrons. The van der Waals surface area contributed by atoms with Crippen molar-refractivity contribution in [3.8, 4) is 0 Å². The third-order valence-corrected chi connectivity index (χ3v) is 6.71. The maximum Gasteiger partial charge on any atom is 0.327 e. The summed E-state index contributed by atoms with van der Waals surface area (Å²) in [5.74, 6) is -0.611. The number of halogens is 2. The SMILES string of the molecule is COC(=O)C(c1ccccc1Cl)N1CCN(CC(=O)N(Cc2ccccc2F)C2CC2)CC1. The van der Waals surface area contributed by atoms with Gasteiger partial charge in [-0.15, -0.1) is 0 Å². The van der Waals surface area contributed by atoms with Crippen LogP contribution in [0.2, 0.25) is 5.02 Å². The van der Waals surface area contributed by atoms with Gasteiger partial charge in [-0.25, -0.2) is 9.18 Å². The second kappa shape index (κ2) is 10.6. The molecule has 2 aromatic rings. The summed E-state index contributed by atoms with van der Waals surface area (Å²) >= 11 is 6.36. The van der Waals surface area contributed by atoms with Gasteiger partial charge in [0.2, 0.25) is 5.91 Å². The molecule has 8 heteroatoms. The van der Waals surface area contributed by atoms with Crippen molar-refractivity contribution in [1.82, 2.24) is 14.7 Å². The molecule has 6 nitrogen and oxygen atoms in total. The highest BCUT2D eigenvalue weighted by Gasteiger charge is 2.36. The molecule has 176 valence electrons. The van der Waals surface area contributed by atoms with E-state index in [4.69, 9.17) is 16.3 Å². The predicted molar refractivity (Wildman–Crippen MR) is 124 cm³/mol. The number of amides is 1. The molecular formula is C25H29ClFN3O3. The number of esters is 1. The molecule has 1 saturated carbocycles. The Kier molecular flexibility index (Phi) is 7.63. The molecule has 2 aliphatic rings. The van der Waals surface area contributed by atoms with Crippen LogP contribution in [0.3, 0.4) is 0 Å². The number of ether oxygens (including phenoxy) is 1. The average Bonchev–Trinajstić information content (AvgIpc) is 3.66. The van der Waals surface area contributed by atoms with Crippen LogP contribution in [-0.2, 0) is 20.9 Å². The summed E-state index contributed by atoms with van der Waals surface area (Å²) in [5.41, 5.74) is 1.27. The van der Waals surface area contributed by atoms with E-state index in [0.29, 0.717) is 43.3 Å². The highest BCUT2D eigenvalue weighted by Crippen LogP contribution is 2.31. The first-order valence-electron chi connectivity index (χ1n) is 11.3. The molecule has 0 aromatic heterocycles. The van der Waals surface area contributed by atoms with E-state index < -0.39 is 6.04 Å². The number of nitrogens with zero attached hydrogens (tertiary/aromatic N) is 3. The topological polar surface area (TPSA) is 53.1 Å². The molecule has 1 saturated heterocycles. The lowest BCUT2D eigenvalue weighted by molar-refractivity contribution is -0.148. The van der Waals surface area contributed by atoms with Gasteiger partial charge in [-0.05, 0) is 30.5 Å². The number of methoxy groups -OCH3 is 1. The number of rotatable bonds is 8. The molecular weight excluding hydrogens is 445 g/mol. The Morgan fingerprint density at radius 3 is 2.39 bits per heavy atom. The van der Waals surface area contributed by atoms with Crippen molar-refractivity contribution in [3.05, 3.63) is 70.5 Å². The molecule has 2 aromatic carbocycles. The van der Waals surface area contributed by atoms with Crippen LogP contribution in [-0.4, -0.2) is 72.5 Å². The van der Waals surface area contributed by atoms with E-state index in [2.05, 4.69) is 4.90 Å². The third-order valence-electron chi connectivity index (χ3n) is 6.36. The van der Waals surface area contributed by atoms with E-state index in [1.807, 2.05) is 28.0 Å². The largest absolute Gasteiger partial charge is 0.468 e. The first kappa shape index (κ1) is 23.7. The zero-order chi connectivity index (χ0) is 23.4. The van der Waals surface area contributed by atoms with Crippen LogP contribution in [0, 0.1) is 5.82 Å². The summed E-state index contributed by atoms with van der Waals surface area (Å²) in [6.45, 7) is 3.08. The van der Waals surface area contributed by atoms with Crippen LogP contribution in [0.15, 0.2) is 48.5 Å². The molecule has 2 fully saturated rings. The molecule has 33 heavy (non-hydrogen) atoms. The first-order chi connectivity index (χ1) is 16.0. The van der Waals surface area contributed by atoms with E-state index >= 15 is 0 Å². The molecule has 0 N–H and O–H groups in total. The summed E-state index contributed by atoms with van der Waals surface area (Å²) in [6.07, 6.45) is 1.93. The van der Waals surface area contributed by atoms with E-state index in [9.17, 15) is 14.0 Å². The standard InChI is InChI=1S/C25H29ClFN3O3/c1-33-25(32)24(20-7-3-4-8-21(20)26)29-14-12-28(13-15-29)17-23(31)30(19-10-11-19)16-18-6-2-5-9-22(18)27/h2-9,19,24H,10-17H2,1H3. The van der Waals surface area contributed by atoms with Crippen molar-refractivity contribution in [2.24, 2.45) is 0 Å². The lowest BCUT2D eigenvalue weighted by atomic mass is 10.0. The second-order valence-electron chi connectivity index (χ2n) is 8.60. The van der Waals surface area contributed by atoms with Gasteiger partial charge in [-0.1, -0.05) is 48.0 Å². The van der Waals surface area contributed by atoms with Gasteiger partial charge in [0.1, 0.15) is 11.9 Å². The van der Waals surface area contributed by atoms with E-state index in [1.54, 1.807) is 24.3 Å². The third kappa shape index (κ3) is 5.72. The summed E-state index contributed by atoms with van der Waals surface area (Å²) in [5, 5.41) is 0.527. The summed E-state index contributed by atoms with van der Waals surface area (Å²) < 4.78 is 19.2. The molecule has 1 unspecified atom stereocenters. The highest BCUT2D eigenvalue weighted by molar-refractivity contribution is 6.31.